The molecule has 0 saturated carbocycles. The first kappa shape index (κ1) is 13.4. The van der Waals surface area contributed by atoms with Crippen molar-refractivity contribution in [2.75, 3.05) is 39.8 Å². The number of hydrogen-bond donors (Lipinski definition) is 2. The molecule has 0 aliphatic carbocycles. The molecule has 0 bridgehead atoms. The first-order valence-corrected chi connectivity index (χ1v) is 5.87. The molecule has 1 aliphatic rings. The maximum atomic E-state index is 11.6. The summed E-state index contributed by atoms with van der Waals surface area (Å²) >= 11 is 0. The highest BCUT2D eigenvalue weighted by molar-refractivity contribution is 5.81. The summed E-state index contributed by atoms with van der Waals surface area (Å²) in [5.41, 5.74) is 1.82. The molecule has 1 aliphatic heterocycles. The first-order chi connectivity index (χ1) is 7.45. The van der Waals surface area contributed by atoms with Crippen LogP contribution in [0.1, 0.15) is 20.3 Å². The van der Waals surface area contributed by atoms with Crippen LogP contribution in [0.4, 0.5) is 0 Å². The van der Waals surface area contributed by atoms with Gasteiger partial charge in [-0.15, -0.1) is 0 Å². The Morgan fingerprint density at radius 2 is 2.00 bits per heavy atom. The molecule has 0 aromatic heterocycles. The van der Waals surface area contributed by atoms with Gasteiger partial charge < -0.3 is 9.80 Å². The van der Waals surface area contributed by atoms with Gasteiger partial charge in [-0.05, 0) is 40.4 Å². The van der Waals surface area contributed by atoms with Crippen molar-refractivity contribution in [2.45, 2.75) is 20.3 Å². The topological polar surface area (TPSA) is 61.6 Å². The third-order valence-electron chi connectivity index (χ3n) is 3.18. The van der Waals surface area contributed by atoms with E-state index in [1.165, 1.54) is 0 Å². The SMILES string of the molecule is CN1CCCN(CC(C)(C)C(=O)NN)CC1. The van der Waals surface area contributed by atoms with Crippen molar-refractivity contribution in [3.63, 3.8) is 0 Å². The van der Waals surface area contributed by atoms with Gasteiger partial charge in [0.2, 0.25) is 5.91 Å². The predicted octanol–water partition coefficient (Wildman–Crippen LogP) is -0.360. The minimum atomic E-state index is -0.419. The van der Waals surface area contributed by atoms with Gasteiger partial charge in [0.25, 0.3) is 0 Å². The smallest absolute Gasteiger partial charge is 0.240 e. The lowest BCUT2D eigenvalue weighted by Gasteiger charge is -2.30. The number of likely N-dealkylation sites (N-methyl/N-ethyl adjacent to an activating group) is 1. The van der Waals surface area contributed by atoms with Gasteiger partial charge in [-0.3, -0.25) is 10.2 Å². The fourth-order valence-electron chi connectivity index (χ4n) is 2.08. The summed E-state index contributed by atoms with van der Waals surface area (Å²) in [5, 5.41) is 0. The number of nitrogens with zero attached hydrogens (tertiary/aromatic N) is 2. The lowest BCUT2D eigenvalue weighted by atomic mass is 9.91. The Morgan fingerprint density at radius 3 is 2.62 bits per heavy atom. The number of rotatable bonds is 3. The molecule has 1 fully saturated rings. The van der Waals surface area contributed by atoms with E-state index in [1.807, 2.05) is 13.8 Å². The van der Waals surface area contributed by atoms with Gasteiger partial charge in [0, 0.05) is 19.6 Å². The molecular weight excluding hydrogens is 204 g/mol. The molecule has 1 saturated heterocycles. The van der Waals surface area contributed by atoms with Gasteiger partial charge in [0.15, 0.2) is 0 Å². The zero-order chi connectivity index (χ0) is 12.2. The summed E-state index contributed by atoms with van der Waals surface area (Å²) in [7, 11) is 2.14. The Balaban J connectivity index is 2.49. The van der Waals surface area contributed by atoms with E-state index in [1.54, 1.807) is 0 Å². The molecule has 0 radical (unpaired) electrons. The van der Waals surface area contributed by atoms with Crippen LogP contribution in [0.3, 0.4) is 0 Å². The highest BCUT2D eigenvalue weighted by Crippen LogP contribution is 2.17. The van der Waals surface area contributed by atoms with Crippen molar-refractivity contribution in [1.29, 1.82) is 0 Å². The minimum Gasteiger partial charge on any atom is -0.305 e. The van der Waals surface area contributed by atoms with E-state index >= 15 is 0 Å². The monoisotopic (exact) mass is 228 g/mol. The van der Waals surface area contributed by atoms with Crippen LogP contribution < -0.4 is 11.3 Å². The van der Waals surface area contributed by atoms with Crippen LogP contribution in [-0.2, 0) is 4.79 Å². The molecule has 5 nitrogen and oxygen atoms in total. The van der Waals surface area contributed by atoms with E-state index in [9.17, 15) is 4.79 Å². The third kappa shape index (κ3) is 3.73. The maximum absolute atomic E-state index is 11.6. The summed E-state index contributed by atoms with van der Waals surface area (Å²) in [6.07, 6.45) is 1.16. The fraction of sp³-hybridized carbons (Fsp3) is 0.909. The van der Waals surface area contributed by atoms with Crippen LogP contribution in [0.2, 0.25) is 0 Å². The van der Waals surface area contributed by atoms with Crippen molar-refractivity contribution in [2.24, 2.45) is 11.3 Å². The van der Waals surface area contributed by atoms with Gasteiger partial charge in [0.05, 0.1) is 5.41 Å². The molecule has 0 spiro atoms. The van der Waals surface area contributed by atoms with E-state index in [0.717, 1.165) is 39.1 Å². The second-order valence-electron chi connectivity index (χ2n) is 5.29. The summed E-state index contributed by atoms with van der Waals surface area (Å²) in [4.78, 5) is 16.3. The van der Waals surface area contributed by atoms with Crippen molar-refractivity contribution < 1.29 is 4.79 Å². The van der Waals surface area contributed by atoms with Gasteiger partial charge in [0.1, 0.15) is 0 Å². The molecule has 0 unspecified atom stereocenters. The molecule has 0 aromatic rings. The Bertz CT molecular complexity index is 242. The summed E-state index contributed by atoms with van der Waals surface area (Å²) in [6.45, 7) is 8.93. The van der Waals surface area contributed by atoms with Crippen molar-refractivity contribution in [1.82, 2.24) is 15.2 Å². The number of carbonyl (C=O) groups is 1. The number of hydrazine groups is 1. The highest BCUT2D eigenvalue weighted by atomic mass is 16.2. The Labute approximate surface area is 97.9 Å². The Kier molecular flexibility index (Phi) is 4.70. The summed E-state index contributed by atoms with van der Waals surface area (Å²) < 4.78 is 0. The molecule has 0 atom stereocenters. The minimum absolute atomic E-state index is 0.0925. The fourth-order valence-corrected chi connectivity index (χ4v) is 2.08. The highest BCUT2D eigenvalue weighted by Gasteiger charge is 2.29. The van der Waals surface area contributed by atoms with Crippen molar-refractivity contribution in [3.05, 3.63) is 0 Å². The molecule has 16 heavy (non-hydrogen) atoms. The first-order valence-electron chi connectivity index (χ1n) is 5.87. The second-order valence-corrected chi connectivity index (χ2v) is 5.29. The van der Waals surface area contributed by atoms with Gasteiger partial charge in [-0.2, -0.15) is 0 Å². The van der Waals surface area contributed by atoms with E-state index in [2.05, 4.69) is 22.3 Å². The molecule has 1 heterocycles. The number of carbonyl (C=O) groups excluding carboxylic acids is 1. The normalized spacial score (nSPS) is 20.5. The summed E-state index contributed by atoms with van der Waals surface area (Å²) in [6, 6.07) is 0. The molecule has 1 rings (SSSR count). The molecule has 1 amide bonds. The van der Waals surface area contributed by atoms with Crippen molar-refractivity contribution >= 4 is 5.91 Å². The predicted molar refractivity (Wildman–Crippen MR) is 64.7 cm³/mol. The third-order valence-corrected chi connectivity index (χ3v) is 3.18. The Hall–Kier alpha value is -0.650. The lowest BCUT2D eigenvalue weighted by Crippen LogP contribution is -2.47. The molecule has 5 heteroatoms. The summed E-state index contributed by atoms with van der Waals surface area (Å²) in [5.74, 6) is 5.10. The van der Waals surface area contributed by atoms with Crippen LogP contribution in [0, 0.1) is 5.41 Å². The number of amides is 1. The maximum Gasteiger partial charge on any atom is 0.240 e. The number of nitrogens with two attached hydrogens (primary N) is 1. The average Bonchev–Trinajstić information content (AvgIpc) is 2.42. The Morgan fingerprint density at radius 1 is 1.31 bits per heavy atom. The van der Waals surface area contributed by atoms with Crippen LogP contribution in [0.5, 0.6) is 0 Å². The molecular formula is C11H24N4O. The quantitative estimate of drug-likeness (QED) is 0.393. The van der Waals surface area contributed by atoms with Gasteiger partial charge >= 0.3 is 0 Å². The standard InChI is InChI=1S/C11H24N4O/c1-11(2,10(16)13-12)9-15-6-4-5-14(3)7-8-15/h4-9,12H2,1-3H3,(H,13,16). The van der Waals surface area contributed by atoms with Gasteiger partial charge in [-0.1, -0.05) is 0 Å². The van der Waals surface area contributed by atoms with E-state index < -0.39 is 5.41 Å². The van der Waals surface area contributed by atoms with E-state index in [-0.39, 0.29) is 5.91 Å². The van der Waals surface area contributed by atoms with Crippen LogP contribution >= 0.6 is 0 Å². The zero-order valence-corrected chi connectivity index (χ0v) is 10.6. The van der Waals surface area contributed by atoms with Crippen LogP contribution in [0.25, 0.3) is 0 Å². The van der Waals surface area contributed by atoms with E-state index in [4.69, 9.17) is 5.84 Å². The molecule has 3 N–H and O–H groups in total. The number of nitrogens with one attached hydrogen (secondary N) is 1. The largest absolute Gasteiger partial charge is 0.305 e. The zero-order valence-electron chi connectivity index (χ0n) is 10.6. The second kappa shape index (κ2) is 5.61. The molecule has 94 valence electrons. The number of hydrogen-bond acceptors (Lipinski definition) is 4. The van der Waals surface area contributed by atoms with Crippen molar-refractivity contribution in [3.8, 4) is 0 Å². The molecule has 0 aromatic carbocycles. The average molecular weight is 228 g/mol. The van der Waals surface area contributed by atoms with Crippen LogP contribution in [-0.4, -0.2) is 55.5 Å². The lowest BCUT2D eigenvalue weighted by molar-refractivity contribution is -0.130. The van der Waals surface area contributed by atoms with Crippen LogP contribution in [0.15, 0.2) is 0 Å². The van der Waals surface area contributed by atoms with E-state index in [0.29, 0.717) is 0 Å². The van der Waals surface area contributed by atoms with Gasteiger partial charge in [-0.25, -0.2) is 5.84 Å².